The second kappa shape index (κ2) is 6.82. The third kappa shape index (κ3) is 3.29. The lowest BCUT2D eigenvalue weighted by atomic mass is 10.1. The van der Waals surface area contributed by atoms with Crippen LogP contribution in [0.25, 0.3) is 0 Å². The van der Waals surface area contributed by atoms with Crippen LogP contribution >= 0.6 is 0 Å². The minimum Gasteiger partial charge on any atom is -0.358 e. The minimum absolute atomic E-state index is 0.0536. The van der Waals surface area contributed by atoms with Gasteiger partial charge >= 0.3 is 5.82 Å². The third-order valence-corrected chi connectivity index (χ3v) is 4.45. The Hall–Kier alpha value is -2.70. The van der Waals surface area contributed by atoms with Crippen molar-refractivity contribution in [2.24, 2.45) is 0 Å². The molecule has 1 aliphatic carbocycles. The number of anilines is 1. The predicted octanol–water partition coefficient (Wildman–Crippen LogP) is 3.08. The first-order chi connectivity index (χ1) is 11.6. The van der Waals surface area contributed by atoms with Gasteiger partial charge in [0.15, 0.2) is 0 Å². The van der Waals surface area contributed by atoms with Gasteiger partial charge in [0.2, 0.25) is 11.7 Å². The molecule has 0 saturated heterocycles. The zero-order chi connectivity index (χ0) is 17.1. The Bertz CT molecular complexity index is 736. The van der Waals surface area contributed by atoms with Crippen LogP contribution in [0.1, 0.15) is 31.5 Å². The number of amides is 1. The summed E-state index contributed by atoms with van der Waals surface area (Å²) in [5.41, 5.74) is 0.877. The summed E-state index contributed by atoms with van der Waals surface area (Å²) in [4.78, 5) is 29.0. The highest BCUT2D eigenvalue weighted by Crippen LogP contribution is 2.28. The number of nitrogens with zero attached hydrogens (tertiary/aromatic N) is 4. The van der Waals surface area contributed by atoms with Gasteiger partial charge in [0.25, 0.3) is 0 Å². The number of aromatic nitrogens is 2. The van der Waals surface area contributed by atoms with Crippen LogP contribution in [0, 0.1) is 17.0 Å². The second-order valence-corrected chi connectivity index (χ2v) is 6.07. The molecule has 3 rings (SSSR count). The van der Waals surface area contributed by atoms with Gasteiger partial charge in [0, 0.05) is 18.7 Å². The Kier molecular flexibility index (Phi) is 4.59. The number of benzene rings is 1. The lowest BCUT2D eigenvalue weighted by Crippen LogP contribution is -2.41. The Morgan fingerprint density at radius 1 is 1.33 bits per heavy atom. The zero-order valence-corrected chi connectivity index (χ0v) is 13.6. The summed E-state index contributed by atoms with van der Waals surface area (Å²) >= 11 is 0. The van der Waals surface area contributed by atoms with Crippen molar-refractivity contribution in [2.45, 2.75) is 45.2 Å². The SMILES string of the molecule is Cc1nc([N+](=O)[O-])cn1CC(=O)N(c1ccccc1)C1CCCC1. The highest BCUT2D eigenvalue weighted by Gasteiger charge is 2.29. The highest BCUT2D eigenvalue weighted by atomic mass is 16.6. The Morgan fingerprint density at radius 3 is 2.58 bits per heavy atom. The lowest BCUT2D eigenvalue weighted by molar-refractivity contribution is -0.389. The van der Waals surface area contributed by atoms with E-state index >= 15 is 0 Å². The van der Waals surface area contributed by atoms with Gasteiger partial charge in [-0.3, -0.25) is 9.36 Å². The number of para-hydroxylation sites is 1. The molecule has 1 heterocycles. The smallest absolute Gasteiger partial charge is 0.358 e. The van der Waals surface area contributed by atoms with E-state index in [0.717, 1.165) is 31.4 Å². The topological polar surface area (TPSA) is 81.3 Å². The quantitative estimate of drug-likeness (QED) is 0.624. The minimum atomic E-state index is -0.542. The molecule has 0 aliphatic heterocycles. The Balaban J connectivity index is 1.85. The average molecular weight is 328 g/mol. The first-order valence-corrected chi connectivity index (χ1v) is 8.11. The molecule has 0 N–H and O–H groups in total. The summed E-state index contributed by atoms with van der Waals surface area (Å²) in [7, 11) is 0. The van der Waals surface area contributed by atoms with Gasteiger partial charge in [0.1, 0.15) is 12.7 Å². The fourth-order valence-electron chi connectivity index (χ4n) is 3.27. The van der Waals surface area contributed by atoms with E-state index in [2.05, 4.69) is 4.98 Å². The van der Waals surface area contributed by atoms with Crippen LogP contribution in [0.2, 0.25) is 0 Å². The van der Waals surface area contributed by atoms with E-state index in [0.29, 0.717) is 5.82 Å². The van der Waals surface area contributed by atoms with E-state index < -0.39 is 4.92 Å². The molecule has 2 aromatic rings. The Morgan fingerprint density at radius 2 is 2.00 bits per heavy atom. The van der Waals surface area contributed by atoms with Gasteiger partial charge in [-0.2, -0.15) is 0 Å². The number of aryl methyl sites for hydroxylation is 1. The van der Waals surface area contributed by atoms with E-state index in [1.807, 2.05) is 35.2 Å². The van der Waals surface area contributed by atoms with Crippen molar-refractivity contribution in [3.8, 4) is 0 Å². The molecule has 0 radical (unpaired) electrons. The van der Waals surface area contributed by atoms with Crippen LogP contribution in [0.3, 0.4) is 0 Å². The lowest BCUT2D eigenvalue weighted by Gasteiger charge is -2.29. The molecule has 1 saturated carbocycles. The summed E-state index contributed by atoms with van der Waals surface area (Å²) in [5.74, 6) is 0.172. The van der Waals surface area contributed by atoms with Gasteiger partial charge in [-0.25, -0.2) is 0 Å². The van der Waals surface area contributed by atoms with Crippen LogP contribution in [0.4, 0.5) is 11.5 Å². The summed E-state index contributed by atoms with van der Waals surface area (Å²) in [6.45, 7) is 1.72. The first-order valence-electron chi connectivity index (χ1n) is 8.11. The van der Waals surface area contributed by atoms with Crippen molar-refractivity contribution in [3.63, 3.8) is 0 Å². The predicted molar refractivity (Wildman–Crippen MR) is 89.8 cm³/mol. The molecule has 0 unspecified atom stereocenters. The van der Waals surface area contributed by atoms with Crippen molar-refractivity contribution >= 4 is 17.4 Å². The third-order valence-electron chi connectivity index (χ3n) is 4.45. The van der Waals surface area contributed by atoms with Crippen LogP contribution in [0.5, 0.6) is 0 Å². The van der Waals surface area contributed by atoms with Crippen molar-refractivity contribution in [1.29, 1.82) is 0 Å². The fourth-order valence-corrected chi connectivity index (χ4v) is 3.27. The number of hydrogen-bond donors (Lipinski definition) is 0. The molecule has 1 aliphatic rings. The molecule has 0 bridgehead atoms. The van der Waals surface area contributed by atoms with Crippen molar-refractivity contribution in [2.75, 3.05) is 4.90 Å². The summed E-state index contributed by atoms with van der Waals surface area (Å²) in [6, 6.07) is 9.80. The van der Waals surface area contributed by atoms with E-state index in [9.17, 15) is 14.9 Å². The molecule has 7 heteroatoms. The van der Waals surface area contributed by atoms with Gasteiger partial charge in [0.05, 0.1) is 0 Å². The molecular weight excluding hydrogens is 308 g/mol. The average Bonchev–Trinajstić information content (AvgIpc) is 3.20. The largest absolute Gasteiger partial charge is 0.381 e. The van der Waals surface area contributed by atoms with Gasteiger partial charge in [-0.05, 0) is 34.9 Å². The molecular formula is C17H20N4O3. The number of rotatable bonds is 5. The molecule has 24 heavy (non-hydrogen) atoms. The summed E-state index contributed by atoms with van der Waals surface area (Å²) in [6.07, 6.45) is 5.55. The van der Waals surface area contributed by atoms with Crippen LogP contribution in [-0.2, 0) is 11.3 Å². The van der Waals surface area contributed by atoms with E-state index in [-0.39, 0.29) is 24.3 Å². The van der Waals surface area contributed by atoms with Crippen molar-refractivity contribution < 1.29 is 9.72 Å². The van der Waals surface area contributed by atoms with Gasteiger partial charge < -0.3 is 15.0 Å². The number of carbonyl (C=O) groups is 1. The number of hydrogen-bond acceptors (Lipinski definition) is 4. The van der Waals surface area contributed by atoms with Gasteiger partial charge in [-0.1, -0.05) is 31.0 Å². The summed E-state index contributed by atoms with van der Waals surface area (Å²) in [5, 5.41) is 10.9. The standard InChI is InChI=1S/C17H20N4O3/c1-13-18-16(21(23)24)11-19(13)12-17(22)20(15-9-5-6-10-15)14-7-3-2-4-8-14/h2-4,7-8,11,15H,5-6,9-10,12H2,1H3. The van der Waals surface area contributed by atoms with E-state index in [4.69, 9.17) is 0 Å². The van der Waals surface area contributed by atoms with Crippen molar-refractivity contribution in [3.05, 3.63) is 52.5 Å². The maximum absolute atomic E-state index is 12.9. The Labute approximate surface area is 140 Å². The van der Waals surface area contributed by atoms with E-state index in [1.165, 1.54) is 6.20 Å². The molecule has 126 valence electrons. The second-order valence-electron chi connectivity index (χ2n) is 6.07. The van der Waals surface area contributed by atoms with Crippen LogP contribution in [-0.4, -0.2) is 26.4 Å². The maximum Gasteiger partial charge on any atom is 0.381 e. The molecule has 1 amide bonds. The number of carbonyl (C=O) groups excluding carboxylic acids is 1. The first kappa shape index (κ1) is 16.2. The molecule has 1 aromatic heterocycles. The molecule has 7 nitrogen and oxygen atoms in total. The fraction of sp³-hybridized carbons (Fsp3) is 0.412. The van der Waals surface area contributed by atoms with Crippen LogP contribution in [0.15, 0.2) is 36.5 Å². The monoisotopic (exact) mass is 328 g/mol. The molecule has 0 spiro atoms. The molecule has 1 fully saturated rings. The summed E-state index contributed by atoms with van der Waals surface area (Å²) < 4.78 is 1.55. The van der Waals surface area contributed by atoms with E-state index in [1.54, 1.807) is 11.5 Å². The highest BCUT2D eigenvalue weighted by molar-refractivity contribution is 5.93. The zero-order valence-electron chi connectivity index (χ0n) is 13.6. The van der Waals surface area contributed by atoms with Crippen molar-refractivity contribution in [1.82, 2.24) is 9.55 Å². The number of nitro groups is 1. The number of imidazole rings is 1. The maximum atomic E-state index is 12.9. The molecule has 1 aromatic carbocycles. The van der Waals surface area contributed by atoms with Gasteiger partial charge in [-0.15, -0.1) is 0 Å². The normalized spacial score (nSPS) is 14.7. The molecule has 0 atom stereocenters. The van der Waals surface area contributed by atoms with Crippen LogP contribution < -0.4 is 4.90 Å².